The third-order valence-electron chi connectivity index (χ3n) is 6.97. The molecule has 194 valence electrons. The van der Waals surface area contributed by atoms with Crippen LogP contribution in [0.4, 0.5) is 28.9 Å². The number of nitrogens with two attached hydrogens (primary N) is 1. The van der Waals surface area contributed by atoms with Crippen LogP contribution in [-0.2, 0) is 6.42 Å². The number of aliphatic hydroxyl groups excluding tert-OH is 1. The fraction of sp³-hybridized carbons (Fsp3) is 0.333. The number of nitrogens with one attached hydrogen (secondary N) is 1. The summed E-state index contributed by atoms with van der Waals surface area (Å²) in [6, 6.07) is 4.45. The molecule has 5 rings (SSSR count). The van der Waals surface area contributed by atoms with Crippen molar-refractivity contribution in [2.75, 3.05) is 23.3 Å². The van der Waals surface area contributed by atoms with E-state index in [1.54, 1.807) is 0 Å². The van der Waals surface area contributed by atoms with E-state index >= 15 is 4.39 Å². The van der Waals surface area contributed by atoms with Gasteiger partial charge in [-0.25, -0.2) is 17.6 Å². The van der Waals surface area contributed by atoms with E-state index in [1.165, 1.54) is 6.20 Å². The van der Waals surface area contributed by atoms with Crippen molar-refractivity contribution >= 4 is 17.3 Å². The van der Waals surface area contributed by atoms with Gasteiger partial charge >= 0.3 is 0 Å². The van der Waals surface area contributed by atoms with Gasteiger partial charge in [0.05, 0.1) is 46.1 Å². The van der Waals surface area contributed by atoms with Gasteiger partial charge in [0.15, 0.2) is 0 Å². The van der Waals surface area contributed by atoms with Crippen molar-refractivity contribution in [2.45, 2.75) is 38.3 Å². The molecular weight excluding hydrogens is 488 g/mol. The molecule has 1 amide bonds. The second kappa shape index (κ2) is 9.75. The summed E-state index contributed by atoms with van der Waals surface area (Å²) in [5.41, 5.74) is 6.04. The SMILES string of the molecule is C[C@@H]1C[C@H](N)CN(c2c(NC(=O)c3ccc(F)c(-c4c(F)cccc4F)c3F)cnc3c2CCC3O)C1. The van der Waals surface area contributed by atoms with Crippen LogP contribution in [0.1, 0.15) is 47.5 Å². The van der Waals surface area contributed by atoms with E-state index in [9.17, 15) is 23.1 Å². The molecule has 2 heterocycles. The molecule has 0 radical (unpaired) electrons. The van der Waals surface area contributed by atoms with Crippen LogP contribution in [0.5, 0.6) is 0 Å². The standard InChI is InChI=1S/C27H26F4N4O2/c1-13-9-14(32)12-35(11-13)26-16-6-8-21(36)25(16)33-10-20(26)34-27(37)15-5-7-19(30)23(24(15)31)22-17(28)3-2-4-18(22)29/h2-5,7,10,13-14,21,36H,6,8-9,11-12,32H2,1H3,(H,34,37)/t13-,14+,21?/m1/s1. The second-order valence-corrected chi connectivity index (χ2v) is 9.78. The van der Waals surface area contributed by atoms with Crippen LogP contribution >= 0.6 is 0 Å². The summed E-state index contributed by atoms with van der Waals surface area (Å²) >= 11 is 0. The molecule has 2 aliphatic rings. The van der Waals surface area contributed by atoms with Crippen LogP contribution in [0.3, 0.4) is 0 Å². The van der Waals surface area contributed by atoms with E-state index in [2.05, 4.69) is 17.2 Å². The van der Waals surface area contributed by atoms with Gasteiger partial charge in [-0.15, -0.1) is 0 Å². The zero-order valence-electron chi connectivity index (χ0n) is 20.1. The highest BCUT2D eigenvalue weighted by molar-refractivity contribution is 6.07. The molecular formula is C27H26F4N4O2. The Hall–Kier alpha value is -3.50. The fourth-order valence-corrected chi connectivity index (χ4v) is 5.43. The number of aromatic nitrogens is 1. The highest BCUT2D eigenvalue weighted by atomic mass is 19.1. The van der Waals surface area contributed by atoms with Gasteiger partial charge in [-0.2, -0.15) is 0 Å². The molecule has 1 fully saturated rings. The molecule has 6 nitrogen and oxygen atoms in total. The van der Waals surface area contributed by atoms with Gasteiger partial charge in [0.25, 0.3) is 5.91 Å². The number of benzene rings is 2. The summed E-state index contributed by atoms with van der Waals surface area (Å²) in [6.07, 6.45) is 2.51. The van der Waals surface area contributed by atoms with E-state index < -0.39 is 52.0 Å². The molecule has 1 aromatic heterocycles. The predicted octanol–water partition coefficient (Wildman–Crippen LogP) is 4.71. The number of anilines is 2. The van der Waals surface area contributed by atoms with E-state index in [4.69, 9.17) is 5.73 Å². The molecule has 37 heavy (non-hydrogen) atoms. The summed E-state index contributed by atoms with van der Waals surface area (Å²) in [4.78, 5) is 19.6. The van der Waals surface area contributed by atoms with Crippen LogP contribution in [0.15, 0.2) is 36.5 Å². The Labute approximate surface area is 211 Å². The molecule has 1 aliphatic heterocycles. The Morgan fingerprint density at radius 3 is 2.49 bits per heavy atom. The number of amides is 1. The first kappa shape index (κ1) is 25.2. The first-order valence-corrected chi connectivity index (χ1v) is 12.1. The lowest BCUT2D eigenvalue weighted by molar-refractivity contribution is 0.102. The molecule has 1 aliphatic carbocycles. The molecule has 10 heteroatoms. The minimum absolute atomic E-state index is 0.102. The van der Waals surface area contributed by atoms with Crippen molar-refractivity contribution in [1.82, 2.24) is 4.98 Å². The molecule has 2 aromatic carbocycles. The zero-order valence-corrected chi connectivity index (χ0v) is 20.1. The molecule has 0 spiro atoms. The number of hydrogen-bond donors (Lipinski definition) is 3. The van der Waals surface area contributed by atoms with E-state index in [1.807, 2.05) is 4.90 Å². The van der Waals surface area contributed by atoms with Gasteiger partial charge in [-0.1, -0.05) is 13.0 Å². The molecule has 3 aromatic rings. The average Bonchev–Trinajstić information content (AvgIpc) is 3.20. The van der Waals surface area contributed by atoms with Crippen LogP contribution in [0.2, 0.25) is 0 Å². The lowest BCUT2D eigenvalue weighted by atomic mass is 9.95. The van der Waals surface area contributed by atoms with Crippen molar-refractivity contribution in [3.05, 3.63) is 76.6 Å². The smallest absolute Gasteiger partial charge is 0.258 e. The largest absolute Gasteiger partial charge is 0.387 e. The van der Waals surface area contributed by atoms with Crippen molar-refractivity contribution in [3.8, 4) is 11.1 Å². The number of aliphatic hydroxyl groups is 1. The number of hydrogen-bond acceptors (Lipinski definition) is 5. The number of carbonyl (C=O) groups is 1. The highest BCUT2D eigenvalue weighted by Gasteiger charge is 2.33. The maximum atomic E-state index is 15.5. The predicted molar refractivity (Wildman–Crippen MR) is 131 cm³/mol. The number of fused-ring (bicyclic) bond motifs is 1. The summed E-state index contributed by atoms with van der Waals surface area (Å²) in [5.74, 6) is -5.57. The average molecular weight is 515 g/mol. The Bertz CT molecular complexity index is 1350. The third-order valence-corrected chi connectivity index (χ3v) is 6.97. The molecule has 0 saturated carbocycles. The van der Waals surface area contributed by atoms with Gasteiger partial charge in [0.1, 0.15) is 23.3 Å². The van der Waals surface area contributed by atoms with Crippen molar-refractivity contribution in [3.63, 3.8) is 0 Å². The van der Waals surface area contributed by atoms with E-state index in [0.717, 1.165) is 42.3 Å². The molecule has 1 unspecified atom stereocenters. The number of piperidine rings is 1. The summed E-state index contributed by atoms with van der Waals surface area (Å²) in [5, 5.41) is 13.0. The Kier molecular flexibility index (Phi) is 6.63. The van der Waals surface area contributed by atoms with Crippen LogP contribution in [0, 0.1) is 29.2 Å². The van der Waals surface area contributed by atoms with Gasteiger partial charge in [-0.05, 0) is 49.4 Å². The molecule has 0 bridgehead atoms. The first-order valence-electron chi connectivity index (χ1n) is 12.1. The lowest BCUT2D eigenvalue weighted by Gasteiger charge is -2.38. The summed E-state index contributed by atoms with van der Waals surface area (Å²) in [6.45, 7) is 3.24. The number of rotatable bonds is 4. The molecule has 1 saturated heterocycles. The van der Waals surface area contributed by atoms with Gasteiger partial charge < -0.3 is 21.1 Å². The van der Waals surface area contributed by atoms with Crippen molar-refractivity contribution in [1.29, 1.82) is 0 Å². The second-order valence-electron chi connectivity index (χ2n) is 9.78. The van der Waals surface area contributed by atoms with Gasteiger partial charge in [0.2, 0.25) is 0 Å². The lowest BCUT2D eigenvalue weighted by Crippen LogP contribution is -2.47. The number of nitrogens with zero attached hydrogens (tertiary/aromatic N) is 2. The quantitative estimate of drug-likeness (QED) is 0.439. The van der Waals surface area contributed by atoms with E-state index in [0.29, 0.717) is 37.3 Å². The number of halogens is 4. The Morgan fingerprint density at radius 1 is 1.08 bits per heavy atom. The fourth-order valence-electron chi connectivity index (χ4n) is 5.43. The minimum atomic E-state index is -1.39. The topological polar surface area (TPSA) is 91.5 Å². The maximum Gasteiger partial charge on any atom is 0.258 e. The zero-order chi connectivity index (χ0) is 26.4. The van der Waals surface area contributed by atoms with Crippen molar-refractivity contribution in [2.24, 2.45) is 11.7 Å². The highest BCUT2D eigenvalue weighted by Crippen LogP contribution is 2.42. The number of carbonyl (C=O) groups excluding carboxylic acids is 1. The van der Waals surface area contributed by atoms with E-state index in [-0.39, 0.29) is 17.6 Å². The number of pyridine rings is 1. The van der Waals surface area contributed by atoms with Gasteiger partial charge in [0, 0.05) is 24.7 Å². The summed E-state index contributed by atoms with van der Waals surface area (Å²) < 4.78 is 58.7. The van der Waals surface area contributed by atoms with Crippen LogP contribution in [-0.4, -0.2) is 35.1 Å². The third kappa shape index (κ3) is 4.55. The monoisotopic (exact) mass is 514 g/mol. The van der Waals surface area contributed by atoms with Crippen LogP contribution in [0.25, 0.3) is 11.1 Å². The Balaban J connectivity index is 1.56. The normalized spacial score (nSPS) is 21.2. The summed E-state index contributed by atoms with van der Waals surface area (Å²) in [7, 11) is 0. The Morgan fingerprint density at radius 2 is 1.78 bits per heavy atom. The van der Waals surface area contributed by atoms with Crippen LogP contribution < -0.4 is 16.0 Å². The molecule has 4 N–H and O–H groups in total. The molecule has 3 atom stereocenters. The first-order chi connectivity index (χ1) is 17.7. The maximum absolute atomic E-state index is 15.5. The van der Waals surface area contributed by atoms with Gasteiger partial charge in [-0.3, -0.25) is 9.78 Å². The minimum Gasteiger partial charge on any atom is -0.387 e. The van der Waals surface area contributed by atoms with Crippen molar-refractivity contribution < 1.29 is 27.5 Å².